The summed E-state index contributed by atoms with van der Waals surface area (Å²) in [5.41, 5.74) is 0. The summed E-state index contributed by atoms with van der Waals surface area (Å²) in [5, 5.41) is 3.86. The van der Waals surface area contributed by atoms with Crippen LogP contribution in [0.1, 0.15) is 24.1 Å². The number of ketones is 1. The Hall–Kier alpha value is -0.880. The van der Waals surface area contributed by atoms with Gasteiger partial charge in [0.15, 0.2) is 11.6 Å². The molecule has 16 heavy (non-hydrogen) atoms. The summed E-state index contributed by atoms with van der Waals surface area (Å²) in [5.74, 6) is 2.47. The fraction of sp³-hybridized carbons (Fsp3) is 0.700. The van der Waals surface area contributed by atoms with Gasteiger partial charge in [-0.25, -0.2) is 0 Å². The lowest BCUT2D eigenvalue weighted by Gasteiger charge is -1.97. The van der Waals surface area contributed by atoms with Gasteiger partial charge in [-0.05, 0) is 6.42 Å². The molecule has 1 aromatic rings. The number of nitrogens with zero attached hydrogens (tertiary/aromatic N) is 2. The highest BCUT2D eigenvalue weighted by atomic mass is 32.2. The van der Waals surface area contributed by atoms with Crippen LogP contribution in [0.4, 0.5) is 0 Å². The summed E-state index contributed by atoms with van der Waals surface area (Å²) in [6, 6.07) is 0. The fourth-order valence-electron chi connectivity index (χ4n) is 1.57. The van der Waals surface area contributed by atoms with E-state index in [4.69, 9.17) is 9.26 Å². The number of carbonyl (C=O) groups is 1. The molecule has 1 aliphatic rings. The van der Waals surface area contributed by atoms with Crippen molar-refractivity contribution in [1.82, 2.24) is 10.1 Å². The van der Waals surface area contributed by atoms with Gasteiger partial charge in [-0.15, -0.1) is 0 Å². The third-order valence-corrected chi connectivity index (χ3v) is 3.51. The SMILES string of the molecule is COCCCc1noc(C2CSCC2=O)n1. The Kier molecular flexibility index (Phi) is 3.95. The van der Waals surface area contributed by atoms with E-state index in [0.29, 0.717) is 24.1 Å². The molecule has 88 valence electrons. The van der Waals surface area contributed by atoms with Gasteiger partial charge < -0.3 is 9.26 Å². The number of Topliss-reactive ketones (excluding diaryl/α,β-unsaturated/α-hetero) is 1. The molecule has 1 unspecified atom stereocenters. The van der Waals surface area contributed by atoms with E-state index in [2.05, 4.69) is 10.1 Å². The number of ether oxygens (including phenoxy) is 1. The zero-order valence-corrected chi connectivity index (χ0v) is 9.96. The maximum Gasteiger partial charge on any atom is 0.238 e. The van der Waals surface area contributed by atoms with Crippen molar-refractivity contribution >= 4 is 17.5 Å². The molecule has 0 amide bonds. The molecule has 5 nitrogen and oxygen atoms in total. The van der Waals surface area contributed by atoms with Crippen LogP contribution >= 0.6 is 11.8 Å². The Morgan fingerprint density at radius 3 is 3.19 bits per heavy atom. The highest BCUT2D eigenvalue weighted by molar-refractivity contribution is 8.00. The molecule has 1 fully saturated rings. The van der Waals surface area contributed by atoms with Gasteiger partial charge in [0, 0.05) is 25.9 Å². The van der Waals surface area contributed by atoms with Crippen LogP contribution in [0.2, 0.25) is 0 Å². The lowest BCUT2D eigenvalue weighted by molar-refractivity contribution is -0.117. The minimum Gasteiger partial charge on any atom is -0.385 e. The molecule has 1 aromatic heterocycles. The van der Waals surface area contributed by atoms with Gasteiger partial charge in [-0.2, -0.15) is 16.7 Å². The molecular formula is C10H14N2O3S. The molecule has 1 saturated heterocycles. The second-order valence-electron chi connectivity index (χ2n) is 3.68. The molecule has 2 rings (SSSR count). The Balaban J connectivity index is 1.93. The van der Waals surface area contributed by atoms with Gasteiger partial charge in [0.1, 0.15) is 5.92 Å². The molecule has 1 atom stereocenters. The van der Waals surface area contributed by atoms with Crippen molar-refractivity contribution in [3.8, 4) is 0 Å². The molecule has 0 bridgehead atoms. The number of hydrogen-bond donors (Lipinski definition) is 0. The van der Waals surface area contributed by atoms with Crippen molar-refractivity contribution in [3.05, 3.63) is 11.7 Å². The molecule has 2 heterocycles. The largest absolute Gasteiger partial charge is 0.385 e. The fourth-order valence-corrected chi connectivity index (χ4v) is 2.65. The quantitative estimate of drug-likeness (QED) is 0.719. The predicted octanol–water partition coefficient (Wildman–Crippen LogP) is 1.05. The second kappa shape index (κ2) is 5.45. The van der Waals surface area contributed by atoms with E-state index in [1.54, 1.807) is 18.9 Å². The Morgan fingerprint density at radius 2 is 2.50 bits per heavy atom. The summed E-state index contributed by atoms with van der Waals surface area (Å²) in [6.07, 6.45) is 1.59. The van der Waals surface area contributed by atoms with E-state index >= 15 is 0 Å². The van der Waals surface area contributed by atoms with Crippen LogP contribution in [0, 0.1) is 0 Å². The number of carbonyl (C=O) groups excluding carboxylic acids is 1. The number of methoxy groups -OCH3 is 1. The van der Waals surface area contributed by atoms with Crippen LogP contribution in [0.5, 0.6) is 0 Å². The third kappa shape index (κ3) is 2.62. The highest BCUT2D eigenvalue weighted by Gasteiger charge is 2.31. The topological polar surface area (TPSA) is 65.2 Å². The van der Waals surface area contributed by atoms with Crippen LogP contribution in [0.3, 0.4) is 0 Å². The summed E-state index contributed by atoms with van der Waals surface area (Å²) < 4.78 is 10.1. The number of aryl methyl sites for hydroxylation is 1. The van der Waals surface area contributed by atoms with Crippen molar-refractivity contribution < 1.29 is 14.1 Å². The molecule has 0 spiro atoms. The number of hydrogen-bond acceptors (Lipinski definition) is 6. The van der Waals surface area contributed by atoms with E-state index in [1.807, 2.05) is 0 Å². The maximum absolute atomic E-state index is 11.5. The maximum atomic E-state index is 11.5. The van der Waals surface area contributed by atoms with E-state index < -0.39 is 0 Å². The smallest absolute Gasteiger partial charge is 0.238 e. The zero-order valence-electron chi connectivity index (χ0n) is 9.14. The Morgan fingerprint density at radius 1 is 1.62 bits per heavy atom. The number of aromatic nitrogens is 2. The highest BCUT2D eigenvalue weighted by Crippen LogP contribution is 2.28. The molecule has 0 aromatic carbocycles. The molecular weight excluding hydrogens is 228 g/mol. The van der Waals surface area contributed by atoms with Crippen molar-refractivity contribution in [2.24, 2.45) is 0 Å². The third-order valence-electron chi connectivity index (χ3n) is 2.45. The van der Waals surface area contributed by atoms with Gasteiger partial charge in [-0.1, -0.05) is 5.16 Å². The molecule has 0 aliphatic carbocycles. The molecule has 1 aliphatic heterocycles. The standard InChI is InChI=1S/C10H14N2O3S/c1-14-4-2-3-9-11-10(15-12-9)7-5-16-6-8(7)13/h7H,2-6H2,1H3. The van der Waals surface area contributed by atoms with Gasteiger partial charge >= 0.3 is 0 Å². The normalized spacial score (nSPS) is 20.6. The van der Waals surface area contributed by atoms with Crippen LogP contribution in [-0.2, 0) is 16.0 Å². The number of rotatable bonds is 5. The zero-order chi connectivity index (χ0) is 11.4. The summed E-state index contributed by atoms with van der Waals surface area (Å²) >= 11 is 1.62. The van der Waals surface area contributed by atoms with E-state index in [9.17, 15) is 4.79 Å². The van der Waals surface area contributed by atoms with Crippen LogP contribution in [0.25, 0.3) is 0 Å². The van der Waals surface area contributed by atoms with E-state index in [1.165, 1.54) is 0 Å². The van der Waals surface area contributed by atoms with Crippen molar-refractivity contribution in [2.75, 3.05) is 25.2 Å². The van der Waals surface area contributed by atoms with E-state index in [-0.39, 0.29) is 11.7 Å². The second-order valence-corrected chi connectivity index (χ2v) is 4.71. The average Bonchev–Trinajstić information content (AvgIpc) is 2.87. The average molecular weight is 242 g/mol. The summed E-state index contributed by atoms with van der Waals surface area (Å²) in [6.45, 7) is 0.683. The Labute approximate surface area is 97.9 Å². The van der Waals surface area contributed by atoms with Crippen LogP contribution in [-0.4, -0.2) is 41.1 Å². The lowest BCUT2D eigenvalue weighted by Crippen LogP contribution is -2.09. The van der Waals surface area contributed by atoms with E-state index in [0.717, 1.165) is 18.6 Å². The number of thioether (sulfide) groups is 1. The summed E-state index contributed by atoms with van der Waals surface area (Å²) in [4.78, 5) is 15.7. The lowest BCUT2D eigenvalue weighted by atomic mass is 10.1. The monoisotopic (exact) mass is 242 g/mol. The molecule has 0 N–H and O–H groups in total. The first kappa shape index (κ1) is 11.6. The van der Waals surface area contributed by atoms with Crippen molar-refractivity contribution in [3.63, 3.8) is 0 Å². The van der Waals surface area contributed by atoms with Gasteiger partial charge in [0.2, 0.25) is 5.89 Å². The minimum atomic E-state index is -0.186. The van der Waals surface area contributed by atoms with Crippen LogP contribution in [0.15, 0.2) is 4.52 Å². The van der Waals surface area contributed by atoms with Crippen LogP contribution < -0.4 is 0 Å². The Bertz CT molecular complexity index is 367. The summed E-state index contributed by atoms with van der Waals surface area (Å²) in [7, 11) is 1.66. The first-order valence-electron chi connectivity index (χ1n) is 5.23. The van der Waals surface area contributed by atoms with Crippen molar-refractivity contribution in [1.29, 1.82) is 0 Å². The van der Waals surface area contributed by atoms with Crippen molar-refractivity contribution in [2.45, 2.75) is 18.8 Å². The first-order chi connectivity index (χ1) is 7.81. The van der Waals surface area contributed by atoms with Gasteiger partial charge in [-0.3, -0.25) is 4.79 Å². The molecule has 0 radical (unpaired) electrons. The predicted molar refractivity (Wildman–Crippen MR) is 59.6 cm³/mol. The van der Waals surface area contributed by atoms with Gasteiger partial charge in [0.05, 0.1) is 5.75 Å². The molecule has 6 heteroatoms. The minimum absolute atomic E-state index is 0.186. The van der Waals surface area contributed by atoms with Gasteiger partial charge in [0.25, 0.3) is 0 Å². The first-order valence-corrected chi connectivity index (χ1v) is 6.38. The molecule has 0 saturated carbocycles.